The number of ether oxygens (including phenoxy) is 1. The first kappa shape index (κ1) is 15.9. The Balaban J connectivity index is 2.43. The van der Waals surface area contributed by atoms with Crippen molar-refractivity contribution < 1.29 is 17.9 Å². The molecule has 2 aromatic carbocycles. The van der Waals surface area contributed by atoms with Crippen molar-refractivity contribution in [1.29, 1.82) is 0 Å². The quantitative estimate of drug-likeness (QED) is 0.473. The predicted molar refractivity (Wildman–Crippen MR) is 88.7 cm³/mol. The molecule has 2 aromatic rings. The predicted octanol–water partition coefficient (Wildman–Crippen LogP) is 5.77. The van der Waals surface area contributed by atoms with Gasteiger partial charge in [-0.25, -0.2) is 0 Å². The van der Waals surface area contributed by atoms with Crippen LogP contribution in [0.5, 0.6) is 5.75 Å². The van der Waals surface area contributed by atoms with Gasteiger partial charge in [0, 0.05) is 3.57 Å². The molecule has 0 saturated carbocycles. The Bertz CT molecular complexity index is 622. The molecule has 0 radical (unpaired) electrons. The third kappa shape index (κ3) is 3.78. The van der Waals surface area contributed by atoms with Gasteiger partial charge in [-0.2, -0.15) is 0 Å². The molecule has 0 spiro atoms. The van der Waals surface area contributed by atoms with E-state index in [0.29, 0.717) is 3.57 Å². The summed E-state index contributed by atoms with van der Waals surface area (Å²) in [6.45, 7) is 1.98. The van der Waals surface area contributed by atoms with E-state index in [1.54, 1.807) is 6.07 Å². The Labute approximate surface area is 141 Å². The van der Waals surface area contributed by atoms with Crippen LogP contribution in [0.15, 0.2) is 36.4 Å². The first-order valence-electron chi connectivity index (χ1n) is 5.59. The van der Waals surface area contributed by atoms with Gasteiger partial charge in [-0.05, 0) is 75.4 Å². The summed E-state index contributed by atoms with van der Waals surface area (Å²) in [6.07, 6.45) is -4.67. The summed E-state index contributed by atoms with van der Waals surface area (Å²) in [5.74, 6) is -0.168. The lowest BCUT2D eigenvalue weighted by atomic mass is 10.0. The molecule has 0 aromatic heterocycles. The molecule has 0 aliphatic carbocycles. The Morgan fingerprint density at radius 2 is 1.50 bits per heavy atom. The summed E-state index contributed by atoms with van der Waals surface area (Å²) in [5, 5.41) is 0. The monoisotopic (exact) mass is 504 g/mol. The molecule has 0 amide bonds. The van der Waals surface area contributed by atoms with Crippen LogP contribution in [0.4, 0.5) is 13.2 Å². The van der Waals surface area contributed by atoms with Crippen LogP contribution in [0.3, 0.4) is 0 Å². The van der Waals surface area contributed by atoms with Crippen LogP contribution >= 0.6 is 45.2 Å². The first-order valence-corrected chi connectivity index (χ1v) is 7.74. The van der Waals surface area contributed by atoms with Crippen LogP contribution in [-0.4, -0.2) is 6.36 Å². The summed E-state index contributed by atoms with van der Waals surface area (Å²) in [7, 11) is 0. The minimum atomic E-state index is -4.67. The van der Waals surface area contributed by atoms with E-state index in [9.17, 15) is 13.2 Å². The summed E-state index contributed by atoms with van der Waals surface area (Å²) in [6, 6.07) is 10.8. The number of hydrogen-bond donors (Lipinski definition) is 0. The van der Waals surface area contributed by atoms with E-state index in [4.69, 9.17) is 0 Å². The van der Waals surface area contributed by atoms with E-state index in [2.05, 4.69) is 4.74 Å². The lowest BCUT2D eigenvalue weighted by molar-refractivity contribution is -0.275. The largest absolute Gasteiger partial charge is 0.573 e. The topological polar surface area (TPSA) is 9.23 Å². The van der Waals surface area contributed by atoms with Crippen LogP contribution in [0.2, 0.25) is 0 Å². The third-order valence-electron chi connectivity index (χ3n) is 2.64. The molecule has 0 bridgehead atoms. The molecular weight excluding hydrogens is 495 g/mol. The number of alkyl halides is 3. The van der Waals surface area contributed by atoms with E-state index in [-0.39, 0.29) is 5.75 Å². The van der Waals surface area contributed by atoms with Crippen LogP contribution in [-0.2, 0) is 0 Å². The van der Waals surface area contributed by atoms with Crippen molar-refractivity contribution in [2.24, 2.45) is 0 Å². The lowest BCUT2D eigenvalue weighted by Crippen LogP contribution is -2.18. The Kier molecular flexibility index (Phi) is 4.83. The molecular formula is C14H9F3I2O. The molecule has 0 saturated heterocycles. The second-order valence-corrected chi connectivity index (χ2v) is 6.31. The zero-order valence-corrected chi connectivity index (χ0v) is 14.6. The number of hydrogen-bond acceptors (Lipinski definition) is 1. The maximum atomic E-state index is 12.3. The molecule has 0 N–H and O–H groups in total. The molecule has 106 valence electrons. The van der Waals surface area contributed by atoms with Crippen molar-refractivity contribution in [3.8, 4) is 16.9 Å². The van der Waals surface area contributed by atoms with Crippen LogP contribution < -0.4 is 4.74 Å². The first-order chi connectivity index (χ1) is 9.28. The fraction of sp³-hybridized carbons (Fsp3) is 0.143. The van der Waals surface area contributed by atoms with E-state index in [0.717, 1.165) is 20.3 Å². The third-order valence-corrected chi connectivity index (χ3v) is 5.86. The van der Waals surface area contributed by atoms with Crippen molar-refractivity contribution >= 4 is 45.2 Å². The summed E-state index contributed by atoms with van der Waals surface area (Å²) in [5.41, 5.74) is 3.00. The molecule has 6 heteroatoms. The Morgan fingerprint density at radius 3 is 2.05 bits per heavy atom. The van der Waals surface area contributed by atoms with Crippen molar-refractivity contribution in [2.75, 3.05) is 0 Å². The molecule has 0 atom stereocenters. The minimum Gasteiger partial charge on any atom is -0.405 e. The van der Waals surface area contributed by atoms with Gasteiger partial charge in [-0.3, -0.25) is 0 Å². The van der Waals surface area contributed by atoms with E-state index in [1.165, 1.54) is 6.07 Å². The summed E-state index contributed by atoms with van der Waals surface area (Å²) in [4.78, 5) is 0. The van der Waals surface area contributed by atoms with Gasteiger partial charge in [0.15, 0.2) is 0 Å². The Hall–Kier alpha value is -0.510. The zero-order valence-electron chi connectivity index (χ0n) is 10.3. The highest BCUT2D eigenvalue weighted by Crippen LogP contribution is 2.36. The highest BCUT2D eigenvalue weighted by atomic mass is 127. The fourth-order valence-electron chi connectivity index (χ4n) is 1.69. The lowest BCUT2D eigenvalue weighted by Gasteiger charge is -2.14. The molecule has 0 aliphatic rings. The molecule has 2 rings (SSSR count). The molecule has 20 heavy (non-hydrogen) atoms. The second kappa shape index (κ2) is 6.08. The van der Waals surface area contributed by atoms with Crippen molar-refractivity contribution in [3.05, 3.63) is 49.1 Å². The van der Waals surface area contributed by atoms with Gasteiger partial charge >= 0.3 is 6.36 Å². The van der Waals surface area contributed by atoms with Crippen LogP contribution in [0.25, 0.3) is 11.1 Å². The molecule has 0 fully saturated rings. The van der Waals surface area contributed by atoms with Gasteiger partial charge in [0.25, 0.3) is 0 Å². The fourth-order valence-corrected chi connectivity index (χ4v) is 3.03. The van der Waals surface area contributed by atoms with Gasteiger partial charge in [0.1, 0.15) is 5.75 Å². The molecule has 0 aliphatic heterocycles. The SMILES string of the molecule is Cc1ccc(-c2ccc(OC(F)(F)F)c(I)c2I)cc1. The smallest absolute Gasteiger partial charge is 0.405 e. The number of aryl methyl sites for hydroxylation is 1. The molecule has 0 heterocycles. The normalized spacial score (nSPS) is 11.5. The van der Waals surface area contributed by atoms with Gasteiger partial charge in [0.2, 0.25) is 0 Å². The van der Waals surface area contributed by atoms with Crippen molar-refractivity contribution in [2.45, 2.75) is 13.3 Å². The summed E-state index contributed by atoms with van der Waals surface area (Å²) >= 11 is 3.91. The number of halogens is 5. The van der Waals surface area contributed by atoms with Gasteiger partial charge in [-0.15, -0.1) is 13.2 Å². The second-order valence-electron chi connectivity index (χ2n) is 4.15. The Morgan fingerprint density at radius 1 is 0.900 bits per heavy atom. The molecule has 1 nitrogen and oxygen atoms in total. The average molecular weight is 504 g/mol. The number of benzene rings is 2. The summed E-state index contributed by atoms with van der Waals surface area (Å²) < 4.78 is 42.1. The van der Waals surface area contributed by atoms with E-state index in [1.807, 2.05) is 76.4 Å². The maximum Gasteiger partial charge on any atom is 0.573 e. The zero-order chi connectivity index (χ0) is 14.9. The van der Waals surface area contributed by atoms with E-state index < -0.39 is 6.36 Å². The highest BCUT2D eigenvalue weighted by molar-refractivity contribution is 14.1. The van der Waals surface area contributed by atoms with Gasteiger partial charge in [-0.1, -0.05) is 29.8 Å². The maximum absolute atomic E-state index is 12.3. The van der Waals surface area contributed by atoms with E-state index >= 15 is 0 Å². The van der Waals surface area contributed by atoms with Crippen LogP contribution in [0.1, 0.15) is 5.56 Å². The molecule has 0 unspecified atom stereocenters. The number of rotatable bonds is 2. The average Bonchev–Trinajstić information content (AvgIpc) is 2.35. The van der Waals surface area contributed by atoms with Crippen molar-refractivity contribution in [1.82, 2.24) is 0 Å². The highest BCUT2D eigenvalue weighted by Gasteiger charge is 2.32. The van der Waals surface area contributed by atoms with Crippen molar-refractivity contribution in [3.63, 3.8) is 0 Å². The van der Waals surface area contributed by atoms with Gasteiger partial charge in [0.05, 0.1) is 3.57 Å². The van der Waals surface area contributed by atoms with Crippen LogP contribution in [0, 0.1) is 14.1 Å². The standard InChI is InChI=1S/C14H9F3I2O/c1-8-2-4-9(5-3-8)10-6-7-11(13(19)12(10)18)20-14(15,16)17/h2-7H,1H3. The van der Waals surface area contributed by atoms with Gasteiger partial charge < -0.3 is 4.74 Å². The minimum absolute atomic E-state index is 0.168.